The molecule has 2 unspecified atom stereocenters. The molecule has 35 heavy (non-hydrogen) atoms. The molecular formula is C27H31FN4O3. The second-order valence-corrected chi connectivity index (χ2v) is 9.85. The zero-order valence-corrected chi connectivity index (χ0v) is 20.2. The third kappa shape index (κ3) is 5.07. The Bertz CT molecular complexity index is 1200. The molecule has 0 radical (unpaired) electrons. The van der Waals surface area contributed by atoms with Gasteiger partial charge in [0.05, 0.1) is 12.0 Å². The number of rotatable bonds is 3. The van der Waals surface area contributed by atoms with Crippen LogP contribution in [0.5, 0.6) is 0 Å². The topological polar surface area (TPSA) is 82.7 Å². The maximum Gasteiger partial charge on any atom is 0.320 e. The summed E-state index contributed by atoms with van der Waals surface area (Å²) in [5.41, 5.74) is 4.20. The first-order valence-electron chi connectivity index (χ1n) is 12.3. The molecule has 1 N–H and O–H groups in total. The largest absolute Gasteiger partial charge is 0.393 e. The van der Waals surface area contributed by atoms with Crippen molar-refractivity contribution < 1.29 is 18.8 Å². The van der Waals surface area contributed by atoms with Crippen LogP contribution in [0.1, 0.15) is 53.7 Å². The van der Waals surface area contributed by atoms with Gasteiger partial charge in [0.1, 0.15) is 5.82 Å². The van der Waals surface area contributed by atoms with Crippen molar-refractivity contribution in [3.8, 4) is 11.4 Å². The number of carbonyl (C=O) groups excluding carboxylic acids is 1. The molecule has 2 saturated heterocycles. The van der Waals surface area contributed by atoms with E-state index in [9.17, 15) is 14.3 Å². The Labute approximate surface area is 204 Å². The molecule has 2 aromatic carbocycles. The lowest BCUT2D eigenvalue weighted by Gasteiger charge is -2.40. The summed E-state index contributed by atoms with van der Waals surface area (Å²) in [5.74, 6) is 0.437. The van der Waals surface area contributed by atoms with Gasteiger partial charge in [-0.05, 0) is 61.9 Å². The van der Waals surface area contributed by atoms with E-state index in [2.05, 4.69) is 42.2 Å². The van der Waals surface area contributed by atoms with Crippen LogP contribution >= 0.6 is 0 Å². The van der Waals surface area contributed by atoms with Crippen molar-refractivity contribution in [3.05, 3.63) is 70.9 Å². The fraction of sp³-hybridized carbons (Fsp3) is 0.444. The number of likely N-dealkylation sites (tertiary alicyclic amines) is 2. The van der Waals surface area contributed by atoms with Crippen LogP contribution in [-0.2, 0) is 0 Å². The monoisotopic (exact) mass is 478 g/mol. The first-order valence-corrected chi connectivity index (χ1v) is 12.3. The number of nitrogens with zero attached hydrogens (tertiary/aromatic N) is 4. The number of aromatic nitrogens is 2. The lowest BCUT2D eigenvalue weighted by Crippen LogP contribution is -2.51. The average molecular weight is 479 g/mol. The van der Waals surface area contributed by atoms with Crippen LogP contribution in [0.3, 0.4) is 0 Å². The Morgan fingerprint density at radius 1 is 1.03 bits per heavy atom. The Morgan fingerprint density at radius 3 is 2.54 bits per heavy atom. The quantitative estimate of drug-likeness (QED) is 0.593. The van der Waals surface area contributed by atoms with Gasteiger partial charge >= 0.3 is 6.03 Å². The molecule has 2 atom stereocenters. The molecule has 0 bridgehead atoms. The summed E-state index contributed by atoms with van der Waals surface area (Å²) < 4.78 is 19.3. The highest BCUT2D eigenvalue weighted by Gasteiger charge is 2.37. The molecule has 1 aromatic heterocycles. The standard InChI is InChI=1S/C27H31FN4O3/c1-17-6-7-19(12-18(17)2)21-13-22(16-32(15-21)27(34)31-10-8-24(33)9-11-31)26-29-25(30-35-26)20-4-3-5-23(28)14-20/h3-7,12,14,21-22,24,33H,8-11,13,15-16H2,1-2H3. The highest BCUT2D eigenvalue weighted by Crippen LogP contribution is 2.37. The fourth-order valence-electron chi connectivity index (χ4n) is 5.10. The van der Waals surface area contributed by atoms with Crippen LogP contribution in [0.15, 0.2) is 47.0 Å². The second-order valence-electron chi connectivity index (χ2n) is 9.85. The lowest BCUT2D eigenvalue weighted by atomic mass is 9.83. The van der Waals surface area contributed by atoms with Crippen LogP contribution in [0.2, 0.25) is 0 Å². The van der Waals surface area contributed by atoms with Gasteiger partial charge in [0, 0.05) is 37.7 Å². The van der Waals surface area contributed by atoms with E-state index in [1.165, 1.54) is 28.8 Å². The summed E-state index contributed by atoms with van der Waals surface area (Å²) in [4.78, 5) is 21.8. The summed E-state index contributed by atoms with van der Waals surface area (Å²) in [7, 11) is 0. The molecule has 184 valence electrons. The van der Waals surface area contributed by atoms with Gasteiger partial charge in [0.2, 0.25) is 11.7 Å². The molecule has 0 aliphatic carbocycles. The minimum Gasteiger partial charge on any atom is -0.393 e. The maximum atomic E-state index is 13.7. The molecule has 5 rings (SSSR count). The van der Waals surface area contributed by atoms with Crippen molar-refractivity contribution >= 4 is 6.03 Å². The average Bonchev–Trinajstić information content (AvgIpc) is 3.36. The molecule has 3 heterocycles. The van der Waals surface area contributed by atoms with Crippen molar-refractivity contribution in [1.82, 2.24) is 19.9 Å². The summed E-state index contributed by atoms with van der Waals surface area (Å²) in [6.07, 6.45) is 1.64. The van der Waals surface area contributed by atoms with Gasteiger partial charge in [-0.25, -0.2) is 9.18 Å². The fourth-order valence-corrected chi connectivity index (χ4v) is 5.10. The van der Waals surface area contributed by atoms with Crippen LogP contribution in [0, 0.1) is 19.7 Å². The Kier molecular flexibility index (Phi) is 6.56. The van der Waals surface area contributed by atoms with Crippen molar-refractivity contribution in [2.45, 2.75) is 51.0 Å². The number of amides is 2. The SMILES string of the molecule is Cc1ccc(C2CC(c3nc(-c4cccc(F)c4)no3)CN(C(=O)N3CCC(O)CC3)C2)cc1C. The number of hydrogen-bond donors (Lipinski definition) is 1. The van der Waals surface area contributed by atoms with Crippen LogP contribution in [0.4, 0.5) is 9.18 Å². The summed E-state index contributed by atoms with van der Waals surface area (Å²) >= 11 is 0. The number of hydrogen-bond acceptors (Lipinski definition) is 5. The first-order chi connectivity index (χ1) is 16.9. The van der Waals surface area contributed by atoms with E-state index in [-0.39, 0.29) is 29.8 Å². The van der Waals surface area contributed by atoms with Crippen molar-refractivity contribution in [2.24, 2.45) is 0 Å². The minimum atomic E-state index is -0.357. The number of piperidine rings is 2. The summed E-state index contributed by atoms with van der Waals surface area (Å²) in [6.45, 7) is 6.39. The van der Waals surface area contributed by atoms with Crippen molar-refractivity contribution in [1.29, 1.82) is 0 Å². The van der Waals surface area contributed by atoms with Crippen molar-refractivity contribution in [2.75, 3.05) is 26.2 Å². The smallest absolute Gasteiger partial charge is 0.320 e. The third-order valence-corrected chi connectivity index (χ3v) is 7.33. The van der Waals surface area contributed by atoms with Crippen molar-refractivity contribution in [3.63, 3.8) is 0 Å². The molecule has 0 spiro atoms. The number of aliphatic hydroxyl groups excluding tert-OH is 1. The predicted octanol–water partition coefficient (Wildman–Crippen LogP) is 4.64. The van der Waals surface area contributed by atoms with Gasteiger partial charge in [-0.3, -0.25) is 0 Å². The van der Waals surface area contributed by atoms with E-state index < -0.39 is 0 Å². The molecular weight excluding hydrogens is 447 g/mol. The van der Waals surface area contributed by atoms with Gasteiger partial charge < -0.3 is 19.4 Å². The van der Waals surface area contributed by atoms with E-state index in [1.807, 2.05) is 9.80 Å². The molecule has 2 aliphatic heterocycles. The highest BCUT2D eigenvalue weighted by molar-refractivity contribution is 5.75. The van der Waals surface area contributed by atoms with E-state index in [0.29, 0.717) is 56.3 Å². The third-order valence-electron chi connectivity index (χ3n) is 7.33. The van der Waals surface area contributed by atoms with Gasteiger partial charge in [-0.2, -0.15) is 4.98 Å². The number of halogens is 1. The zero-order chi connectivity index (χ0) is 24.5. The summed E-state index contributed by atoms with van der Waals surface area (Å²) in [6, 6.07) is 12.6. The lowest BCUT2D eigenvalue weighted by molar-refractivity contribution is 0.0744. The van der Waals surface area contributed by atoms with Crippen LogP contribution in [-0.4, -0.2) is 63.4 Å². The Morgan fingerprint density at radius 2 is 1.80 bits per heavy atom. The molecule has 3 aromatic rings. The van der Waals surface area contributed by atoms with E-state index >= 15 is 0 Å². The molecule has 7 nitrogen and oxygen atoms in total. The van der Waals surface area contributed by atoms with Gasteiger partial charge in [-0.15, -0.1) is 0 Å². The minimum absolute atomic E-state index is 0.0136. The second kappa shape index (κ2) is 9.77. The van der Waals surface area contributed by atoms with Gasteiger partial charge in [0.25, 0.3) is 0 Å². The number of carbonyl (C=O) groups is 1. The summed E-state index contributed by atoms with van der Waals surface area (Å²) in [5, 5.41) is 14.0. The van der Waals surface area contributed by atoms with E-state index in [1.54, 1.807) is 12.1 Å². The number of aliphatic hydroxyl groups is 1. The molecule has 2 amide bonds. The van der Waals surface area contributed by atoms with Gasteiger partial charge in [-0.1, -0.05) is 35.5 Å². The molecule has 2 aliphatic rings. The zero-order valence-electron chi connectivity index (χ0n) is 20.2. The van der Waals surface area contributed by atoms with Crippen LogP contribution < -0.4 is 0 Å². The predicted molar refractivity (Wildman–Crippen MR) is 129 cm³/mol. The number of benzene rings is 2. The Balaban J connectivity index is 1.42. The number of aryl methyl sites for hydroxylation is 2. The Hall–Kier alpha value is -3.26. The van der Waals surface area contributed by atoms with E-state index in [0.717, 1.165) is 6.42 Å². The molecule has 0 saturated carbocycles. The van der Waals surface area contributed by atoms with Gasteiger partial charge in [0.15, 0.2) is 0 Å². The number of urea groups is 1. The maximum absolute atomic E-state index is 13.7. The first kappa shape index (κ1) is 23.5. The van der Waals surface area contributed by atoms with E-state index in [4.69, 9.17) is 4.52 Å². The normalized spacial score (nSPS) is 21.4. The molecule has 8 heteroatoms. The van der Waals surface area contributed by atoms with Crippen LogP contribution in [0.25, 0.3) is 11.4 Å². The highest BCUT2D eigenvalue weighted by atomic mass is 19.1. The molecule has 2 fully saturated rings.